The summed E-state index contributed by atoms with van der Waals surface area (Å²) in [5.74, 6) is 0.654. The second-order valence-electron chi connectivity index (χ2n) is 2.93. The zero-order valence-electron chi connectivity index (χ0n) is 7.84. The molecule has 0 saturated heterocycles. The molecule has 6 heteroatoms. The molecular weight excluding hydrogens is 182 g/mol. The lowest BCUT2D eigenvalue weighted by molar-refractivity contribution is 0.407. The molecule has 2 aromatic heterocycles. The van der Waals surface area contributed by atoms with E-state index in [9.17, 15) is 0 Å². The lowest BCUT2D eigenvalue weighted by Crippen LogP contribution is -2.14. The van der Waals surface area contributed by atoms with Gasteiger partial charge >= 0.3 is 0 Å². The molecule has 0 aliphatic rings. The number of aromatic nitrogens is 4. The SMILES string of the molecule is Cn1ccc(CNCc2ncon2)n1. The van der Waals surface area contributed by atoms with Crippen molar-refractivity contribution >= 4 is 0 Å². The van der Waals surface area contributed by atoms with Crippen molar-refractivity contribution in [2.75, 3.05) is 0 Å². The van der Waals surface area contributed by atoms with Crippen LogP contribution in [0.15, 0.2) is 23.2 Å². The minimum absolute atomic E-state index is 0.590. The Bertz CT molecular complexity index is 380. The molecule has 0 atom stereocenters. The van der Waals surface area contributed by atoms with Crippen LogP contribution >= 0.6 is 0 Å². The van der Waals surface area contributed by atoms with Gasteiger partial charge in [-0.05, 0) is 6.07 Å². The van der Waals surface area contributed by atoms with Crippen LogP contribution in [-0.4, -0.2) is 19.9 Å². The van der Waals surface area contributed by atoms with Crippen LogP contribution in [0.4, 0.5) is 0 Å². The van der Waals surface area contributed by atoms with E-state index in [0.29, 0.717) is 18.9 Å². The predicted molar refractivity (Wildman–Crippen MR) is 48.0 cm³/mol. The highest BCUT2D eigenvalue weighted by atomic mass is 16.5. The van der Waals surface area contributed by atoms with E-state index in [2.05, 4.69) is 25.1 Å². The van der Waals surface area contributed by atoms with Gasteiger partial charge in [-0.2, -0.15) is 10.1 Å². The van der Waals surface area contributed by atoms with Crippen LogP contribution in [0.1, 0.15) is 11.5 Å². The number of hydrogen-bond acceptors (Lipinski definition) is 5. The predicted octanol–water partition coefficient (Wildman–Crippen LogP) is 0.0929. The molecule has 0 aromatic carbocycles. The first kappa shape index (κ1) is 8.89. The molecule has 0 unspecified atom stereocenters. The van der Waals surface area contributed by atoms with Gasteiger partial charge in [0, 0.05) is 19.8 Å². The Morgan fingerprint density at radius 1 is 1.50 bits per heavy atom. The molecule has 0 aliphatic carbocycles. The van der Waals surface area contributed by atoms with Crippen molar-refractivity contribution in [1.82, 2.24) is 25.2 Å². The van der Waals surface area contributed by atoms with Crippen molar-refractivity contribution in [3.8, 4) is 0 Å². The standard InChI is InChI=1S/C8H11N5O/c1-13-3-2-7(11-13)4-9-5-8-10-6-14-12-8/h2-3,6,9H,4-5H2,1H3. The third kappa shape index (κ3) is 2.17. The van der Waals surface area contributed by atoms with Gasteiger partial charge < -0.3 is 9.84 Å². The fraction of sp³-hybridized carbons (Fsp3) is 0.375. The summed E-state index contributed by atoms with van der Waals surface area (Å²) in [7, 11) is 1.89. The summed E-state index contributed by atoms with van der Waals surface area (Å²) in [6.07, 6.45) is 3.23. The van der Waals surface area contributed by atoms with E-state index in [1.807, 2.05) is 19.3 Å². The Balaban J connectivity index is 1.78. The molecule has 0 fully saturated rings. The first-order valence-electron chi connectivity index (χ1n) is 4.29. The highest BCUT2D eigenvalue weighted by Crippen LogP contribution is 1.94. The minimum Gasteiger partial charge on any atom is -0.343 e. The maximum Gasteiger partial charge on any atom is 0.213 e. The highest BCUT2D eigenvalue weighted by Gasteiger charge is 1.99. The molecule has 2 aromatic rings. The number of nitrogens with one attached hydrogen (secondary N) is 1. The Morgan fingerprint density at radius 2 is 2.43 bits per heavy atom. The maximum atomic E-state index is 4.60. The molecule has 2 rings (SSSR count). The molecule has 74 valence electrons. The van der Waals surface area contributed by atoms with Crippen LogP contribution in [0.25, 0.3) is 0 Å². The molecule has 0 radical (unpaired) electrons. The van der Waals surface area contributed by atoms with Crippen LogP contribution in [0, 0.1) is 0 Å². The van der Waals surface area contributed by atoms with E-state index in [-0.39, 0.29) is 0 Å². The first-order chi connectivity index (χ1) is 6.84. The molecular formula is C8H11N5O. The summed E-state index contributed by atoms with van der Waals surface area (Å²) < 4.78 is 6.37. The van der Waals surface area contributed by atoms with Gasteiger partial charge in [0.15, 0.2) is 5.82 Å². The Labute approximate surface area is 80.9 Å². The average molecular weight is 193 g/mol. The zero-order chi connectivity index (χ0) is 9.80. The van der Waals surface area contributed by atoms with Gasteiger partial charge in [-0.1, -0.05) is 5.16 Å². The van der Waals surface area contributed by atoms with E-state index in [0.717, 1.165) is 5.69 Å². The van der Waals surface area contributed by atoms with Gasteiger partial charge in [0.1, 0.15) is 0 Å². The number of aryl methyl sites for hydroxylation is 1. The largest absolute Gasteiger partial charge is 0.343 e. The smallest absolute Gasteiger partial charge is 0.213 e. The number of hydrogen-bond donors (Lipinski definition) is 1. The molecule has 0 amide bonds. The summed E-state index contributed by atoms with van der Waals surface area (Å²) in [5.41, 5.74) is 0.996. The van der Waals surface area contributed by atoms with Crippen LogP contribution in [0.5, 0.6) is 0 Å². The first-order valence-corrected chi connectivity index (χ1v) is 4.29. The monoisotopic (exact) mass is 193 g/mol. The van der Waals surface area contributed by atoms with E-state index in [1.165, 1.54) is 6.39 Å². The Hall–Kier alpha value is -1.69. The molecule has 0 spiro atoms. The summed E-state index contributed by atoms with van der Waals surface area (Å²) in [6.45, 7) is 1.29. The van der Waals surface area contributed by atoms with Gasteiger partial charge in [-0.25, -0.2) is 0 Å². The molecule has 1 N–H and O–H groups in total. The van der Waals surface area contributed by atoms with Crippen molar-refractivity contribution in [1.29, 1.82) is 0 Å². The summed E-state index contributed by atoms with van der Waals surface area (Å²) in [5, 5.41) is 11.1. The van der Waals surface area contributed by atoms with Gasteiger partial charge in [0.25, 0.3) is 0 Å². The fourth-order valence-electron chi connectivity index (χ4n) is 1.13. The maximum absolute atomic E-state index is 4.60. The second kappa shape index (κ2) is 4.01. The van der Waals surface area contributed by atoms with E-state index < -0.39 is 0 Å². The summed E-state index contributed by atoms with van der Waals surface area (Å²) >= 11 is 0. The molecule has 0 saturated carbocycles. The van der Waals surface area contributed by atoms with Gasteiger partial charge in [0.05, 0.1) is 12.2 Å². The number of nitrogens with zero attached hydrogens (tertiary/aromatic N) is 4. The van der Waals surface area contributed by atoms with Crippen LogP contribution in [0.3, 0.4) is 0 Å². The van der Waals surface area contributed by atoms with E-state index in [4.69, 9.17) is 0 Å². The molecule has 0 bridgehead atoms. The normalized spacial score (nSPS) is 10.6. The van der Waals surface area contributed by atoms with Crippen molar-refractivity contribution in [2.24, 2.45) is 7.05 Å². The highest BCUT2D eigenvalue weighted by molar-refractivity contribution is 4.98. The fourth-order valence-corrected chi connectivity index (χ4v) is 1.13. The lowest BCUT2D eigenvalue weighted by atomic mass is 10.4. The van der Waals surface area contributed by atoms with Crippen LogP contribution < -0.4 is 5.32 Å². The van der Waals surface area contributed by atoms with Crippen molar-refractivity contribution in [3.05, 3.63) is 30.2 Å². The molecule has 14 heavy (non-hydrogen) atoms. The van der Waals surface area contributed by atoms with Crippen molar-refractivity contribution in [2.45, 2.75) is 13.1 Å². The van der Waals surface area contributed by atoms with Crippen molar-refractivity contribution in [3.63, 3.8) is 0 Å². The molecule has 2 heterocycles. The average Bonchev–Trinajstić information content (AvgIpc) is 2.77. The third-order valence-electron chi connectivity index (χ3n) is 1.77. The minimum atomic E-state index is 0.590. The van der Waals surface area contributed by atoms with Gasteiger partial charge in [-0.15, -0.1) is 0 Å². The Kier molecular flexibility index (Phi) is 2.55. The van der Waals surface area contributed by atoms with E-state index >= 15 is 0 Å². The van der Waals surface area contributed by atoms with Crippen LogP contribution in [-0.2, 0) is 20.1 Å². The molecule has 0 aliphatic heterocycles. The second-order valence-corrected chi connectivity index (χ2v) is 2.93. The number of rotatable bonds is 4. The lowest BCUT2D eigenvalue weighted by Gasteiger charge is -1.97. The zero-order valence-corrected chi connectivity index (χ0v) is 7.84. The van der Waals surface area contributed by atoms with Crippen molar-refractivity contribution < 1.29 is 4.52 Å². The van der Waals surface area contributed by atoms with Gasteiger partial charge in [0.2, 0.25) is 6.39 Å². The van der Waals surface area contributed by atoms with Crippen LogP contribution in [0.2, 0.25) is 0 Å². The summed E-state index contributed by atoms with van der Waals surface area (Å²) in [4.78, 5) is 3.89. The third-order valence-corrected chi connectivity index (χ3v) is 1.77. The molecule has 6 nitrogen and oxygen atoms in total. The van der Waals surface area contributed by atoms with E-state index in [1.54, 1.807) is 4.68 Å². The summed E-state index contributed by atoms with van der Waals surface area (Å²) in [6, 6.07) is 1.96. The van der Waals surface area contributed by atoms with Gasteiger partial charge in [-0.3, -0.25) is 4.68 Å². The quantitative estimate of drug-likeness (QED) is 0.745. The topological polar surface area (TPSA) is 68.8 Å². The Morgan fingerprint density at radius 3 is 3.07 bits per heavy atom.